The molecule has 4 aromatic heterocycles. The molecule has 0 radical (unpaired) electrons. The van der Waals surface area contributed by atoms with Crippen LogP contribution in [-0.4, -0.2) is 19.1 Å². The zero-order chi connectivity index (χ0) is 32.6. The van der Waals surface area contributed by atoms with Gasteiger partial charge in [0.05, 0.1) is 11.0 Å². The van der Waals surface area contributed by atoms with Gasteiger partial charge in [0.1, 0.15) is 11.6 Å². The second kappa shape index (κ2) is 11.7. The van der Waals surface area contributed by atoms with Crippen LogP contribution in [-0.2, 0) is 21.1 Å². The van der Waals surface area contributed by atoms with Gasteiger partial charge in [-0.05, 0) is 83.6 Å². The molecule has 0 aliphatic heterocycles. The molecule has 0 atom stereocenters. The van der Waals surface area contributed by atoms with E-state index in [1.807, 2.05) is 24.4 Å². The SMILES string of the molecule is Cc1ccc2[n-]c3c(-c4nc5c(-c6[c-]c7c(cc6)c6ccccc6n7-c6ccccn6)cccc5n4-c4ccccc4)cc(C)cc3c2c1.[Pt+2]. The molecule has 50 heavy (non-hydrogen) atoms. The number of rotatable bonds is 4. The van der Waals surface area contributed by atoms with Gasteiger partial charge < -0.3 is 9.55 Å². The summed E-state index contributed by atoms with van der Waals surface area (Å²) in [5, 5.41) is 4.64. The predicted octanol–water partition coefficient (Wildman–Crippen LogP) is 10.5. The molecule has 0 unspecified atom stereocenters. The van der Waals surface area contributed by atoms with Crippen molar-refractivity contribution in [1.29, 1.82) is 0 Å². The minimum Gasteiger partial charge on any atom is -0.656 e. The van der Waals surface area contributed by atoms with E-state index in [4.69, 9.17) is 15.0 Å². The van der Waals surface area contributed by atoms with Gasteiger partial charge in [-0.25, -0.2) is 9.97 Å². The van der Waals surface area contributed by atoms with Gasteiger partial charge in [-0.15, -0.1) is 34.8 Å². The number of hydrogen-bond donors (Lipinski definition) is 0. The second-order valence-corrected chi connectivity index (χ2v) is 12.8. The van der Waals surface area contributed by atoms with Gasteiger partial charge in [0.2, 0.25) is 0 Å². The van der Waals surface area contributed by atoms with Crippen LogP contribution in [0.1, 0.15) is 11.1 Å². The van der Waals surface area contributed by atoms with Gasteiger partial charge in [0, 0.05) is 23.0 Å². The van der Waals surface area contributed by atoms with E-state index in [0.717, 1.165) is 77.9 Å². The molecular formula is C44H29N5Pt. The Hall–Kier alpha value is -5.77. The standard InChI is InChI=1S/C44H29N5.Pt/c1-27-18-21-37-34(23-27)35-24-28(2)25-36(42(35)46-37)44-47-43-31(14-10-16-39(43)48(44)30-11-4-3-5-12-30)29-19-20-33-32-13-6-7-15-38(32)49(40(33)26-29)41-17-8-9-22-45-41;/h3-25H,1-2H3;/q-2;+2. The molecule has 0 aliphatic rings. The molecule has 10 aromatic rings. The minimum absolute atomic E-state index is 0. The van der Waals surface area contributed by atoms with Crippen LogP contribution in [0, 0.1) is 19.9 Å². The average molecular weight is 823 g/mol. The maximum atomic E-state index is 5.50. The van der Waals surface area contributed by atoms with Gasteiger partial charge in [-0.2, -0.15) is 0 Å². The summed E-state index contributed by atoms with van der Waals surface area (Å²) in [6, 6.07) is 50.6. The summed E-state index contributed by atoms with van der Waals surface area (Å²) >= 11 is 0. The summed E-state index contributed by atoms with van der Waals surface area (Å²) < 4.78 is 4.49. The average Bonchev–Trinajstić information content (AvgIpc) is 3.81. The van der Waals surface area contributed by atoms with E-state index >= 15 is 0 Å². The number of benzene rings is 6. The second-order valence-electron chi connectivity index (χ2n) is 12.8. The summed E-state index contributed by atoms with van der Waals surface area (Å²) in [7, 11) is 0. The van der Waals surface area contributed by atoms with Crippen molar-refractivity contribution in [1.82, 2.24) is 24.1 Å². The van der Waals surface area contributed by atoms with Crippen LogP contribution in [0.5, 0.6) is 0 Å². The molecule has 0 fully saturated rings. The number of nitrogens with zero attached hydrogens (tertiary/aromatic N) is 5. The first kappa shape index (κ1) is 30.3. The Morgan fingerprint density at radius 1 is 0.600 bits per heavy atom. The van der Waals surface area contributed by atoms with Crippen LogP contribution in [0.4, 0.5) is 0 Å². The first-order valence-electron chi connectivity index (χ1n) is 16.5. The number of fused-ring (bicyclic) bond motifs is 7. The molecule has 0 bridgehead atoms. The quantitative estimate of drug-likeness (QED) is 0.166. The van der Waals surface area contributed by atoms with Crippen LogP contribution in [0.15, 0.2) is 140 Å². The van der Waals surface area contributed by atoms with Crippen LogP contribution in [0.3, 0.4) is 0 Å². The Balaban J connectivity index is 0.00000336. The summed E-state index contributed by atoms with van der Waals surface area (Å²) in [4.78, 5) is 15.4. The molecule has 240 valence electrons. The van der Waals surface area contributed by atoms with E-state index in [-0.39, 0.29) is 21.1 Å². The molecular weight excluding hydrogens is 794 g/mol. The first-order valence-corrected chi connectivity index (χ1v) is 16.5. The van der Waals surface area contributed by atoms with Crippen molar-refractivity contribution in [2.24, 2.45) is 0 Å². The maximum absolute atomic E-state index is 5.50. The molecule has 0 saturated heterocycles. The van der Waals surface area contributed by atoms with Crippen LogP contribution >= 0.6 is 0 Å². The monoisotopic (exact) mass is 822 g/mol. The van der Waals surface area contributed by atoms with Gasteiger partial charge >= 0.3 is 21.1 Å². The third-order valence-corrected chi connectivity index (χ3v) is 9.62. The van der Waals surface area contributed by atoms with Crippen LogP contribution in [0.25, 0.3) is 88.7 Å². The van der Waals surface area contributed by atoms with Gasteiger partial charge in [0.15, 0.2) is 0 Å². The molecule has 0 saturated carbocycles. The fourth-order valence-corrected chi connectivity index (χ4v) is 7.47. The molecule has 4 heterocycles. The molecule has 5 nitrogen and oxygen atoms in total. The van der Waals surface area contributed by atoms with E-state index in [2.05, 4.69) is 144 Å². The van der Waals surface area contributed by atoms with Crippen molar-refractivity contribution in [2.75, 3.05) is 0 Å². The van der Waals surface area contributed by atoms with Crippen LogP contribution in [0.2, 0.25) is 0 Å². The zero-order valence-corrected chi connectivity index (χ0v) is 29.6. The molecule has 6 aromatic carbocycles. The van der Waals surface area contributed by atoms with Crippen LogP contribution < -0.4 is 4.98 Å². The molecule has 0 amide bonds. The number of pyridine rings is 1. The fraction of sp³-hybridized carbons (Fsp3) is 0.0455. The van der Waals surface area contributed by atoms with E-state index in [1.165, 1.54) is 21.9 Å². The Labute approximate surface area is 303 Å². The maximum Gasteiger partial charge on any atom is 2.00 e. The van der Waals surface area contributed by atoms with Crippen molar-refractivity contribution in [2.45, 2.75) is 13.8 Å². The van der Waals surface area contributed by atoms with Crippen molar-refractivity contribution < 1.29 is 21.1 Å². The number of aromatic nitrogens is 5. The summed E-state index contributed by atoms with van der Waals surface area (Å²) in [6.07, 6.45) is 1.84. The summed E-state index contributed by atoms with van der Waals surface area (Å²) in [6.45, 7) is 4.29. The zero-order valence-electron chi connectivity index (χ0n) is 27.3. The molecule has 0 spiro atoms. The third kappa shape index (κ3) is 4.58. The Bertz CT molecular complexity index is 2900. The minimum atomic E-state index is 0. The smallest absolute Gasteiger partial charge is 0.656 e. The third-order valence-electron chi connectivity index (χ3n) is 9.62. The molecule has 0 N–H and O–H groups in total. The van der Waals surface area contributed by atoms with Gasteiger partial charge in [0.25, 0.3) is 0 Å². The normalized spacial score (nSPS) is 11.6. The molecule has 0 aliphatic carbocycles. The van der Waals surface area contributed by atoms with Crippen molar-refractivity contribution in [3.63, 3.8) is 0 Å². The van der Waals surface area contributed by atoms with Crippen molar-refractivity contribution in [3.05, 3.63) is 157 Å². The van der Waals surface area contributed by atoms with E-state index < -0.39 is 0 Å². The summed E-state index contributed by atoms with van der Waals surface area (Å²) in [5.41, 5.74) is 12.5. The Morgan fingerprint density at radius 3 is 2.26 bits per heavy atom. The largest absolute Gasteiger partial charge is 2.00 e. The van der Waals surface area contributed by atoms with Gasteiger partial charge in [-0.3, -0.25) is 4.57 Å². The topological polar surface area (TPSA) is 49.7 Å². The van der Waals surface area contributed by atoms with E-state index in [0.29, 0.717) is 0 Å². The number of imidazole rings is 1. The Morgan fingerprint density at radius 2 is 1.40 bits per heavy atom. The molecule has 10 rings (SSSR count). The summed E-state index contributed by atoms with van der Waals surface area (Å²) in [5.74, 6) is 1.73. The van der Waals surface area contributed by atoms with Gasteiger partial charge in [-0.1, -0.05) is 95.4 Å². The number of hydrogen-bond acceptors (Lipinski definition) is 2. The predicted molar refractivity (Wildman–Crippen MR) is 201 cm³/mol. The number of para-hydroxylation sites is 3. The number of aryl methyl sites for hydroxylation is 2. The molecule has 6 heteroatoms. The van der Waals surface area contributed by atoms with E-state index in [1.54, 1.807) is 0 Å². The van der Waals surface area contributed by atoms with Crippen molar-refractivity contribution >= 4 is 54.6 Å². The Kier molecular flexibility index (Phi) is 7.08. The first-order chi connectivity index (χ1) is 24.1. The fourth-order valence-electron chi connectivity index (χ4n) is 7.47. The van der Waals surface area contributed by atoms with Crippen molar-refractivity contribution in [3.8, 4) is 34.0 Å². The van der Waals surface area contributed by atoms with E-state index in [9.17, 15) is 0 Å².